The summed E-state index contributed by atoms with van der Waals surface area (Å²) in [4.78, 5) is 15.0. The smallest absolute Gasteiger partial charge is 0.328 e. The Bertz CT molecular complexity index is 979. The molecule has 6 heteroatoms. The summed E-state index contributed by atoms with van der Waals surface area (Å²) < 4.78 is 1.84. The Morgan fingerprint density at radius 2 is 1.88 bits per heavy atom. The summed E-state index contributed by atoms with van der Waals surface area (Å²) in [6.45, 7) is 2.26. The molecule has 1 N–H and O–H groups in total. The van der Waals surface area contributed by atoms with E-state index in [1.165, 1.54) is 6.08 Å². The van der Waals surface area contributed by atoms with Gasteiger partial charge in [0, 0.05) is 11.1 Å². The quantitative estimate of drug-likeness (QED) is 0.604. The van der Waals surface area contributed by atoms with Crippen LogP contribution in [-0.2, 0) is 11.3 Å². The van der Waals surface area contributed by atoms with Gasteiger partial charge in [0.15, 0.2) is 5.15 Å². The molecule has 2 aromatic carbocycles. The van der Waals surface area contributed by atoms with E-state index in [0.29, 0.717) is 23.1 Å². The van der Waals surface area contributed by atoms with Crippen molar-refractivity contribution in [3.8, 4) is 11.1 Å². The predicted molar refractivity (Wildman–Crippen MR) is 105 cm³/mol. The van der Waals surface area contributed by atoms with Crippen molar-refractivity contribution >= 4 is 35.2 Å². The monoisotopic (exact) mass is 386 g/mol. The first kappa shape index (κ1) is 18.2. The summed E-state index contributed by atoms with van der Waals surface area (Å²) in [5.41, 5.74) is 3.56. The molecular weight excluding hydrogens is 371 g/mol. The number of imidazole rings is 1. The summed E-state index contributed by atoms with van der Waals surface area (Å²) in [7, 11) is 0. The lowest BCUT2D eigenvalue weighted by Crippen LogP contribution is -2.05. The Morgan fingerprint density at radius 1 is 1.15 bits per heavy atom. The lowest BCUT2D eigenvalue weighted by Gasteiger charge is -2.11. The van der Waals surface area contributed by atoms with E-state index in [9.17, 15) is 4.79 Å². The second kappa shape index (κ2) is 7.77. The fourth-order valence-electron chi connectivity index (χ4n) is 2.71. The van der Waals surface area contributed by atoms with Crippen LogP contribution in [0.2, 0.25) is 10.2 Å². The molecule has 0 fully saturated rings. The minimum atomic E-state index is -1.04. The number of benzene rings is 2. The third-order valence-electron chi connectivity index (χ3n) is 4.03. The molecule has 0 unspecified atom stereocenters. The van der Waals surface area contributed by atoms with Gasteiger partial charge in [0.2, 0.25) is 0 Å². The molecule has 0 spiro atoms. The molecule has 132 valence electrons. The molecule has 0 radical (unpaired) electrons. The van der Waals surface area contributed by atoms with Crippen molar-refractivity contribution in [1.82, 2.24) is 9.55 Å². The van der Waals surface area contributed by atoms with Gasteiger partial charge in [-0.25, -0.2) is 9.78 Å². The van der Waals surface area contributed by atoms with E-state index in [1.54, 1.807) is 0 Å². The first-order valence-electron chi connectivity index (χ1n) is 7.93. The van der Waals surface area contributed by atoms with E-state index in [4.69, 9.17) is 28.3 Å². The maximum atomic E-state index is 10.8. The van der Waals surface area contributed by atoms with Crippen LogP contribution in [-0.4, -0.2) is 20.6 Å². The van der Waals surface area contributed by atoms with Crippen LogP contribution in [0.3, 0.4) is 0 Å². The maximum absolute atomic E-state index is 10.8. The Labute approximate surface area is 161 Å². The van der Waals surface area contributed by atoms with Crippen molar-refractivity contribution in [2.75, 3.05) is 0 Å². The maximum Gasteiger partial charge on any atom is 0.328 e. The molecule has 0 saturated carbocycles. The lowest BCUT2D eigenvalue weighted by molar-refractivity contribution is -0.131. The van der Waals surface area contributed by atoms with Crippen molar-refractivity contribution in [1.29, 1.82) is 0 Å². The molecule has 0 amide bonds. The second-order valence-corrected chi connectivity index (χ2v) is 6.53. The Kier molecular flexibility index (Phi) is 5.45. The zero-order chi connectivity index (χ0) is 18.7. The van der Waals surface area contributed by atoms with Gasteiger partial charge in [0.1, 0.15) is 5.82 Å². The van der Waals surface area contributed by atoms with Crippen molar-refractivity contribution in [2.45, 2.75) is 13.5 Å². The van der Waals surface area contributed by atoms with E-state index in [-0.39, 0.29) is 5.15 Å². The fourth-order valence-corrected chi connectivity index (χ4v) is 3.24. The SMILES string of the molecule is Cc1nc(Cl)c(C=CC(=O)O)n1Cc1ccc(-c2ccccc2)cc1Cl. The minimum Gasteiger partial charge on any atom is -0.478 e. The summed E-state index contributed by atoms with van der Waals surface area (Å²) in [6.07, 6.45) is 2.48. The standard InChI is InChI=1S/C20H16Cl2N2O2/c1-13-23-20(22)18(9-10-19(25)26)24(13)12-16-8-7-15(11-17(16)21)14-5-3-2-4-6-14/h2-11H,12H2,1H3,(H,25,26). The Morgan fingerprint density at radius 3 is 2.54 bits per heavy atom. The zero-order valence-corrected chi connectivity index (χ0v) is 15.5. The number of halogens is 2. The molecule has 0 atom stereocenters. The first-order valence-corrected chi connectivity index (χ1v) is 8.69. The predicted octanol–water partition coefficient (Wildman–Crippen LogP) is 5.31. The molecular formula is C20H16Cl2N2O2. The number of aliphatic carboxylic acids is 1. The van der Waals surface area contributed by atoms with Gasteiger partial charge in [-0.3, -0.25) is 0 Å². The second-order valence-electron chi connectivity index (χ2n) is 5.76. The van der Waals surface area contributed by atoms with Crippen molar-refractivity contribution < 1.29 is 9.90 Å². The fraction of sp³-hybridized carbons (Fsp3) is 0.100. The van der Waals surface area contributed by atoms with Crippen LogP contribution in [0, 0.1) is 6.92 Å². The molecule has 1 aromatic heterocycles. The van der Waals surface area contributed by atoms with Crippen LogP contribution in [0.25, 0.3) is 17.2 Å². The number of carboxylic acid groups (broad SMARTS) is 1. The van der Waals surface area contributed by atoms with E-state index in [1.807, 2.05) is 60.0 Å². The highest BCUT2D eigenvalue weighted by Gasteiger charge is 2.13. The molecule has 0 aliphatic heterocycles. The molecule has 0 aliphatic carbocycles. The van der Waals surface area contributed by atoms with Crippen LogP contribution >= 0.6 is 23.2 Å². The number of hydrogen-bond acceptors (Lipinski definition) is 2. The summed E-state index contributed by atoms with van der Waals surface area (Å²) in [5.74, 6) is -0.361. The molecule has 3 rings (SSSR count). The van der Waals surface area contributed by atoms with Gasteiger partial charge in [0.25, 0.3) is 0 Å². The van der Waals surface area contributed by atoms with Gasteiger partial charge in [-0.1, -0.05) is 65.7 Å². The highest BCUT2D eigenvalue weighted by Crippen LogP contribution is 2.28. The summed E-state index contributed by atoms with van der Waals surface area (Å²) in [5, 5.41) is 9.74. The average molecular weight is 387 g/mol. The van der Waals surface area contributed by atoms with Gasteiger partial charge in [0.05, 0.1) is 12.2 Å². The van der Waals surface area contributed by atoms with Gasteiger partial charge in [-0.2, -0.15) is 0 Å². The van der Waals surface area contributed by atoms with E-state index in [0.717, 1.165) is 22.8 Å². The van der Waals surface area contributed by atoms with E-state index in [2.05, 4.69) is 4.98 Å². The normalized spacial score (nSPS) is 11.2. The van der Waals surface area contributed by atoms with Gasteiger partial charge in [-0.15, -0.1) is 0 Å². The number of aryl methyl sites for hydroxylation is 1. The molecule has 3 aromatic rings. The molecule has 26 heavy (non-hydrogen) atoms. The summed E-state index contributed by atoms with van der Waals surface area (Å²) >= 11 is 12.6. The van der Waals surface area contributed by atoms with Crippen molar-refractivity contribution in [3.05, 3.63) is 81.9 Å². The number of nitrogens with zero attached hydrogens (tertiary/aromatic N) is 2. The third kappa shape index (κ3) is 3.98. The number of rotatable bonds is 5. The van der Waals surface area contributed by atoms with E-state index < -0.39 is 5.97 Å². The van der Waals surface area contributed by atoms with Crippen LogP contribution in [0.15, 0.2) is 54.6 Å². The number of aromatic nitrogens is 2. The van der Waals surface area contributed by atoms with Gasteiger partial charge >= 0.3 is 5.97 Å². The molecule has 1 heterocycles. The molecule has 4 nitrogen and oxygen atoms in total. The topological polar surface area (TPSA) is 55.1 Å². The van der Waals surface area contributed by atoms with Crippen LogP contribution in [0.5, 0.6) is 0 Å². The number of carboxylic acids is 1. The number of hydrogen-bond donors (Lipinski definition) is 1. The molecule has 0 bridgehead atoms. The highest BCUT2D eigenvalue weighted by molar-refractivity contribution is 6.31. The summed E-state index contributed by atoms with van der Waals surface area (Å²) in [6, 6.07) is 15.9. The minimum absolute atomic E-state index is 0.261. The van der Waals surface area contributed by atoms with E-state index >= 15 is 0 Å². The van der Waals surface area contributed by atoms with Crippen molar-refractivity contribution in [2.24, 2.45) is 0 Å². The van der Waals surface area contributed by atoms with Crippen LogP contribution in [0.4, 0.5) is 0 Å². The van der Waals surface area contributed by atoms with Crippen LogP contribution < -0.4 is 0 Å². The number of carbonyl (C=O) groups is 1. The zero-order valence-electron chi connectivity index (χ0n) is 14.0. The van der Waals surface area contributed by atoms with Crippen LogP contribution in [0.1, 0.15) is 17.1 Å². The lowest BCUT2D eigenvalue weighted by atomic mass is 10.0. The first-order chi connectivity index (χ1) is 12.5. The van der Waals surface area contributed by atoms with Gasteiger partial charge in [-0.05, 0) is 35.8 Å². The Hall–Kier alpha value is -2.56. The highest BCUT2D eigenvalue weighted by atomic mass is 35.5. The molecule has 0 aliphatic rings. The van der Waals surface area contributed by atoms with Crippen molar-refractivity contribution in [3.63, 3.8) is 0 Å². The largest absolute Gasteiger partial charge is 0.478 e. The van der Waals surface area contributed by atoms with Gasteiger partial charge < -0.3 is 9.67 Å². The average Bonchev–Trinajstić information content (AvgIpc) is 2.88. The Balaban J connectivity index is 1.94. The molecule has 0 saturated heterocycles. The third-order valence-corrected chi connectivity index (χ3v) is 4.66.